The van der Waals surface area contributed by atoms with Gasteiger partial charge in [0.2, 0.25) is 0 Å². The predicted molar refractivity (Wildman–Crippen MR) is 127 cm³/mol. The predicted octanol–water partition coefficient (Wildman–Crippen LogP) is 8.28. The van der Waals surface area contributed by atoms with Crippen molar-refractivity contribution in [3.05, 3.63) is 113 Å². The molecule has 0 aliphatic rings. The first-order valence-corrected chi connectivity index (χ1v) is 11.0. The standard InChI is InChI=1S/C29H25F3O/c1-3-4-20-7-9-22(10-8-20)25-15-16-26(29(32)28(25)31)23-11-13-24(14-12-23)33-18-21-6-5-19(2)27(30)17-21/h5-17H,3-4,18H2,1-2H3. The van der Waals surface area contributed by atoms with Crippen molar-refractivity contribution in [3.8, 4) is 28.0 Å². The van der Waals surface area contributed by atoms with Crippen LogP contribution in [0.2, 0.25) is 0 Å². The normalized spacial score (nSPS) is 10.9. The van der Waals surface area contributed by atoms with Crippen LogP contribution in [0.1, 0.15) is 30.0 Å². The zero-order chi connectivity index (χ0) is 23.4. The molecule has 4 aromatic rings. The third-order valence-corrected chi connectivity index (χ3v) is 5.69. The van der Waals surface area contributed by atoms with Crippen LogP contribution in [0.5, 0.6) is 5.75 Å². The fourth-order valence-electron chi connectivity index (χ4n) is 3.76. The molecule has 0 unspecified atom stereocenters. The van der Waals surface area contributed by atoms with E-state index in [0.29, 0.717) is 28.0 Å². The fraction of sp³-hybridized carbons (Fsp3) is 0.172. The van der Waals surface area contributed by atoms with Crippen LogP contribution >= 0.6 is 0 Å². The molecule has 0 fully saturated rings. The molecule has 0 N–H and O–H groups in total. The fourth-order valence-corrected chi connectivity index (χ4v) is 3.76. The number of hydrogen-bond acceptors (Lipinski definition) is 1. The maximum Gasteiger partial charge on any atom is 0.167 e. The highest BCUT2D eigenvalue weighted by Crippen LogP contribution is 2.32. The van der Waals surface area contributed by atoms with E-state index in [1.807, 2.05) is 30.3 Å². The second-order valence-corrected chi connectivity index (χ2v) is 8.13. The number of halogens is 3. The van der Waals surface area contributed by atoms with Gasteiger partial charge in [-0.1, -0.05) is 74.0 Å². The molecule has 4 heteroatoms. The third-order valence-electron chi connectivity index (χ3n) is 5.69. The molecule has 4 rings (SSSR count). The van der Waals surface area contributed by atoms with E-state index in [1.54, 1.807) is 49.4 Å². The summed E-state index contributed by atoms with van der Waals surface area (Å²) in [5.41, 5.74) is 4.09. The van der Waals surface area contributed by atoms with Crippen LogP contribution in [0, 0.1) is 24.4 Å². The highest BCUT2D eigenvalue weighted by molar-refractivity contribution is 5.72. The van der Waals surface area contributed by atoms with Crippen LogP contribution in [0.4, 0.5) is 13.2 Å². The van der Waals surface area contributed by atoms with Crippen LogP contribution in [0.15, 0.2) is 78.9 Å². The topological polar surface area (TPSA) is 9.23 Å². The van der Waals surface area contributed by atoms with Crippen molar-refractivity contribution in [3.63, 3.8) is 0 Å². The molecule has 0 saturated carbocycles. The molecule has 0 aliphatic carbocycles. The monoisotopic (exact) mass is 446 g/mol. The van der Waals surface area contributed by atoms with E-state index in [9.17, 15) is 13.2 Å². The Bertz CT molecular complexity index is 1250. The van der Waals surface area contributed by atoms with Gasteiger partial charge in [-0.15, -0.1) is 0 Å². The van der Waals surface area contributed by atoms with Crippen molar-refractivity contribution >= 4 is 0 Å². The number of aryl methyl sites for hydroxylation is 2. The van der Waals surface area contributed by atoms with Crippen molar-refractivity contribution in [1.29, 1.82) is 0 Å². The van der Waals surface area contributed by atoms with Gasteiger partial charge in [0.25, 0.3) is 0 Å². The average molecular weight is 447 g/mol. The number of ether oxygens (including phenoxy) is 1. The lowest BCUT2D eigenvalue weighted by atomic mass is 9.97. The molecule has 4 aromatic carbocycles. The summed E-state index contributed by atoms with van der Waals surface area (Å²) in [5, 5.41) is 0. The van der Waals surface area contributed by atoms with E-state index >= 15 is 0 Å². The van der Waals surface area contributed by atoms with E-state index in [4.69, 9.17) is 4.74 Å². The van der Waals surface area contributed by atoms with E-state index in [0.717, 1.165) is 12.8 Å². The number of rotatable bonds is 7. The zero-order valence-corrected chi connectivity index (χ0v) is 18.7. The van der Waals surface area contributed by atoms with Crippen molar-refractivity contribution in [1.82, 2.24) is 0 Å². The molecule has 33 heavy (non-hydrogen) atoms. The van der Waals surface area contributed by atoms with Gasteiger partial charge in [-0.25, -0.2) is 13.2 Å². The van der Waals surface area contributed by atoms with Crippen molar-refractivity contribution < 1.29 is 17.9 Å². The minimum Gasteiger partial charge on any atom is -0.489 e. The SMILES string of the molecule is CCCc1ccc(-c2ccc(-c3ccc(OCc4ccc(C)c(F)c4)cc3)c(F)c2F)cc1. The van der Waals surface area contributed by atoms with Gasteiger partial charge in [-0.3, -0.25) is 0 Å². The first kappa shape index (κ1) is 22.7. The maximum atomic E-state index is 14.9. The van der Waals surface area contributed by atoms with Crippen molar-refractivity contribution in [2.75, 3.05) is 0 Å². The molecule has 0 spiro atoms. The van der Waals surface area contributed by atoms with Gasteiger partial charge in [0.15, 0.2) is 11.6 Å². The second-order valence-electron chi connectivity index (χ2n) is 8.13. The molecule has 0 amide bonds. The summed E-state index contributed by atoms with van der Waals surface area (Å²) in [6, 6.07) is 22.5. The number of benzene rings is 4. The Kier molecular flexibility index (Phi) is 6.83. The van der Waals surface area contributed by atoms with Gasteiger partial charge in [-0.05, 0) is 59.4 Å². The lowest BCUT2D eigenvalue weighted by Crippen LogP contribution is -1.97. The zero-order valence-electron chi connectivity index (χ0n) is 18.7. The summed E-state index contributed by atoms with van der Waals surface area (Å²) in [4.78, 5) is 0. The smallest absolute Gasteiger partial charge is 0.167 e. The Hall–Kier alpha value is -3.53. The quantitative estimate of drug-likeness (QED) is 0.278. The summed E-state index contributed by atoms with van der Waals surface area (Å²) in [7, 11) is 0. The number of hydrogen-bond donors (Lipinski definition) is 0. The minimum absolute atomic E-state index is 0.186. The Morgan fingerprint density at radius 2 is 1.21 bits per heavy atom. The lowest BCUT2D eigenvalue weighted by Gasteiger charge is -2.11. The first-order valence-electron chi connectivity index (χ1n) is 11.0. The molecule has 0 heterocycles. The Morgan fingerprint density at radius 1 is 0.667 bits per heavy atom. The summed E-state index contributed by atoms with van der Waals surface area (Å²) < 4.78 is 49.2. The van der Waals surface area contributed by atoms with E-state index < -0.39 is 11.6 Å². The van der Waals surface area contributed by atoms with E-state index in [-0.39, 0.29) is 23.6 Å². The Labute approximate surface area is 192 Å². The van der Waals surface area contributed by atoms with Gasteiger partial charge < -0.3 is 4.74 Å². The molecular weight excluding hydrogens is 421 g/mol. The van der Waals surface area contributed by atoms with Gasteiger partial charge in [-0.2, -0.15) is 0 Å². The maximum absolute atomic E-state index is 14.9. The summed E-state index contributed by atoms with van der Waals surface area (Å²) in [6.07, 6.45) is 1.99. The van der Waals surface area contributed by atoms with Gasteiger partial charge in [0.1, 0.15) is 18.2 Å². The molecule has 0 bridgehead atoms. The van der Waals surface area contributed by atoms with Crippen LogP contribution < -0.4 is 4.74 Å². The molecule has 168 valence electrons. The minimum atomic E-state index is -0.881. The van der Waals surface area contributed by atoms with Crippen LogP contribution in [0.3, 0.4) is 0 Å². The van der Waals surface area contributed by atoms with Gasteiger partial charge in [0, 0.05) is 11.1 Å². The third kappa shape index (κ3) is 5.11. The highest BCUT2D eigenvalue weighted by atomic mass is 19.2. The van der Waals surface area contributed by atoms with Crippen LogP contribution in [-0.2, 0) is 13.0 Å². The van der Waals surface area contributed by atoms with Crippen LogP contribution in [-0.4, -0.2) is 0 Å². The summed E-state index contributed by atoms with van der Waals surface area (Å²) >= 11 is 0. The first-order chi connectivity index (χ1) is 16.0. The largest absolute Gasteiger partial charge is 0.489 e. The van der Waals surface area contributed by atoms with Gasteiger partial charge in [0.05, 0.1) is 0 Å². The molecular formula is C29H25F3O. The Balaban J connectivity index is 1.50. The summed E-state index contributed by atoms with van der Waals surface area (Å²) in [6.45, 7) is 4.02. The molecule has 1 nitrogen and oxygen atoms in total. The van der Waals surface area contributed by atoms with Crippen LogP contribution in [0.25, 0.3) is 22.3 Å². The van der Waals surface area contributed by atoms with Crippen molar-refractivity contribution in [2.45, 2.75) is 33.3 Å². The summed E-state index contributed by atoms with van der Waals surface area (Å²) in [5.74, 6) is -1.46. The lowest BCUT2D eigenvalue weighted by molar-refractivity contribution is 0.305. The van der Waals surface area contributed by atoms with Crippen molar-refractivity contribution in [2.24, 2.45) is 0 Å². The molecule has 0 radical (unpaired) electrons. The van der Waals surface area contributed by atoms with E-state index in [1.165, 1.54) is 11.6 Å². The molecule has 0 atom stereocenters. The second kappa shape index (κ2) is 9.95. The molecule has 0 aliphatic heterocycles. The molecule has 0 saturated heterocycles. The average Bonchev–Trinajstić information content (AvgIpc) is 2.83. The van der Waals surface area contributed by atoms with E-state index in [2.05, 4.69) is 6.92 Å². The molecule has 0 aromatic heterocycles. The Morgan fingerprint density at radius 3 is 1.76 bits per heavy atom. The highest BCUT2D eigenvalue weighted by Gasteiger charge is 2.16. The van der Waals surface area contributed by atoms with Gasteiger partial charge >= 0.3 is 0 Å².